The smallest absolute Gasteiger partial charge is 0.311 e. The van der Waals surface area contributed by atoms with Crippen LogP contribution in [0, 0.1) is 10.1 Å². The Morgan fingerprint density at radius 1 is 1.30 bits per heavy atom. The lowest BCUT2D eigenvalue weighted by Crippen LogP contribution is -2.42. The molecule has 1 fully saturated rings. The van der Waals surface area contributed by atoms with E-state index < -0.39 is 11.2 Å². The van der Waals surface area contributed by atoms with Crippen LogP contribution >= 0.6 is 0 Å². The molecule has 144 valence electrons. The van der Waals surface area contributed by atoms with Crippen molar-refractivity contribution >= 4 is 28.7 Å². The van der Waals surface area contributed by atoms with Crippen LogP contribution in [0.5, 0.6) is 0 Å². The number of alkyl halides is 1. The predicted molar refractivity (Wildman–Crippen MR) is 102 cm³/mol. The molecule has 0 saturated carbocycles. The van der Waals surface area contributed by atoms with Crippen LogP contribution in [0.3, 0.4) is 0 Å². The number of ether oxygens (including phenoxy) is 1. The summed E-state index contributed by atoms with van der Waals surface area (Å²) in [6, 6.07) is 10.2. The van der Waals surface area contributed by atoms with Crippen LogP contribution in [0.25, 0.3) is 0 Å². The maximum absolute atomic E-state index is 14.0. The molecular formula is C18H22FN5O3. The minimum atomic E-state index is -1.18. The van der Waals surface area contributed by atoms with Gasteiger partial charge in [-0.25, -0.2) is 9.37 Å². The maximum atomic E-state index is 14.0. The minimum Gasteiger partial charge on any atom is -0.375 e. The van der Waals surface area contributed by atoms with Crippen molar-refractivity contribution in [1.82, 2.24) is 4.98 Å². The summed E-state index contributed by atoms with van der Waals surface area (Å²) < 4.78 is 19.1. The Hall–Kier alpha value is -2.94. The van der Waals surface area contributed by atoms with Gasteiger partial charge in [-0.15, -0.1) is 0 Å². The maximum Gasteiger partial charge on any atom is 0.311 e. The normalized spacial score (nSPS) is 17.0. The van der Waals surface area contributed by atoms with Gasteiger partial charge >= 0.3 is 5.69 Å². The van der Waals surface area contributed by atoms with Crippen LogP contribution in [0.15, 0.2) is 36.4 Å². The first-order valence-corrected chi connectivity index (χ1v) is 8.71. The number of morpholine rings is 1. The van der Waals surface area contributed by atoms with E-state index in [1.165, 1.54) is 6.07 Å². The number of anilines is 4. The zero-order chi connectivity index (χ0) is 19.4. The average molecular weight is 375 g/mol. The van der Waals surface area contributed by atoms with E-state index in [1.54, 1.807) is 35.2 Å². The lowest BCUT2D eigenvalue weighted by Gasteiger charge is -2.32. The summed E-state index contributed by atoms with van der Waals surface area (Å²) in [6.45, 7) is 4.92. The van der Waals surface area contributed by atoms with Gasteiger partial charge in [0, 0.05) is 30.0 Å². The van der Waals surface area contributed by atoms with Gasteiger partial charge in [0.05, 0.1) is 18.1 Å². The number of nitrogens with zero attached hydrogens (tertiary/aromatic N) is 3. The van der Waals surface area contributed by atoms with Crippen LogP contribution in [-0.4, -0.2) is 42.0 Å². The molecule has 0 amide bonds. The molecule has 1 aromatic carbocycles. The van der Waals surface area contributed by atoms with Gasteiger partial charge in [-0.2, -0.15) is 0 Å². The van der Waals surface area contributed by atoms with E-state index in [9.17, 15) is 14.5 Å². The summed E-state index contributed by atoms with van der Waals surface area (Å²) in [4.78, 5) is 16.7. The second kappa shape index (κ2) is 8.17. The summed E-state index contributed by atoms with van der Waals surface area (Å²) in [7, 11) is 0. The lowest BCUT2D eigenvalue weighted by atomic mass is 10.2. The Morgan fingerprint density at radius 2 is 2.04 bits per heavy atom. The number of aromatic nitrogens is 1. The third kappa shape index (κ3) is 4.62. The number of halogens is 1. The van der Waals surface area contributed by atoms with Gasteiger partial charge < -0.3 is 20.3 Å². The largest absolute Gasteiger partial charge is 0.375 e. The fraction of sp³-hybridized carbons (Fsp3) is 0.389. The average Bonchev–Trinajstić information content (AvgIpc) is 2.62. The third-order valence-electron chi connectivity index (χ3n) is 4.04. The first-order valence-electron chi connectivity index (χ1n) is 8.71. The molecule has 0 spiro atoms. The topological polar surface area (TPSA) is 92.6 Å². The summed E-state index contributed by atoms with van der Waals surface area (Å²) in [5, 5.41) is 17.4. The summed E-state index contributed by atoms with van der Waals surface area (Å²) in [5.41, 5.74) is 1.24. The second-order valence-electron chi connectivity index (χ2n) is 6.50. The van der Waals surface area contributed by atoms with Crippen molar-refractivity contribution in [3.05, 3.63) is 46.5 Å². The fourth-order valence-corrected chi connectivity index (χ4v) is 2.80. The number of hydrogen-bond acceptors (Lipinski definition) is 7. The highest BCUT2D eigenvalue weighted by atomic mass is 19.1. The zero-order valence-electron chi connectivity index (χ0n) is 15.2. The zero-order valence-corrected chi connectivity index (χ0v) is 15.2. The molecule has 9 heteroatoms. The summed E-state index contributed by atoms with van der Waals surface area (Å²) in [5.74, 6) is 0.691. The van der Waals surface area contributed by atoms with Crippen LogP contribution in [0.4, 0.5) is 33.1 Å². The first-order chi connectivity index (χ1) is 12.9. The van der Waals surface area contributed by atoms with Gasteiger partial charge in [0.2, 0.25) is 5.82 Å². The monoisotopic (exact) mass is 375 g/mol. The Balaban J connectivity index is 1.80. The van der Waals surface area contributed by atoms with E-state index in [0.717, 1.165) is 5.69 Å². The van der Waals surface area contributed by atoms with Gasteiger partial charge in [0.1, 0.15) is 5.82 Å². The number of nitrogens with one attached hydrogen (secondary N) is 2. The van der Waals surface area contributed by atoms with Crippen molar-refractivity contribution in [3.8, 4) is 0 Å². The van der Waals surface area contributed by atoms with E-state index in [4.69, 9.17) is 4.74 Å². The quantitative estimate of drug-likeness (QED) is 0.452. The Bertz CT molecular complexity index is 800. The summed E-state index contributed by atoms with van der Waals surface area (Å²) in [6.07, 6.45) is -1.18. The van der Waals surface area contributed by atoms with Crippen molar-refractivity contribution in [2.45, 2.75) is 26.2 Å². The Morgan fingerprint density at radius 3 is 2.67 bits per heavy atom. The van der Waals surface area contributed by atoms with Crippen molar-refractivity contribution in [2.75, 3.05) is 35.3 Å². The number of hydrogen-bond donors (Lipinski definition) is 2. The van der Waals surface area contributed by atoms with Gasteiger partial charge in [0.25, 0.3) is 0 Å². The van der Waals surface area contributed by atoms with Gasteiger partial charge in [-0.05, 0) is 44.2 Å². The van der Waals surface area contributed by atoms with E-state index in [-0.39, 0.29) is 24.2 Å². The highest BCUT2D eigenvalue weighted by Gasteiger charge is 2.22. The van der Waals surface area contributed by atoms with Gasteiger partial charge in [0.15, 0.2) is 6.30 Å². The molecule has 1 unspecified atom stereocenters. The second-order valence-corrected chi connectivity index (χ2v) is 6.50. The molecule has 1 saturated heterocycles. The van der Waals surface area contributed by atoms with Gasteiger partial charge in [-0.3, -0.25) is 10.1 Å². The molecule has 2 heterocycles. The van der Waals surface area contributed by atoms with Crippen LogP contribution in [0.2, 0.25) is 0 Å². The van der Waals surface area contributed by atoms with Crippen molar-refractivity contribution in [1.29, 1.82) is 0 Å². The SMILES string of the molecule is CC(C)Nc1ccc([N+](=O)[O-])c(Nc2ccc(N3CCOCC3F)cc2)n1. The summed E-state index contributed by atoms with van der Waals surface area (Å²) >= 11 is 0. The highest BCUT2D eigenvalue weighted by molar-refractivity contribution is 5.69. The molecule has 1 aromatic heterocycles. The molecule has 0 bridgehead atoms. The number of pyridine rings is 1. The van der Waals surface area contributed by atoms with E-state index in [0.29, 0.717) is 24.7 Å². The molecular weight excluding hydrogens is 353 g/mol. The van der Waals surface area contributed by atoms with Crippen LogP contribution in [0.1, 0.15) is 13.8 Å². The molecule has 2 N–H and O–H groups in total. The standard InChI is InChI=1S/C18H22FN5O3/c1-12(2)20-17-8-7-15(24(25)26)18(22-17)21-13-3-5-14(6-4-13)23-9-10-27-11-16(23)19/h3-8,12,16H,9-11H2,1-2H3,(H2,20,21,22). The fourth-order valence-electron chi connectivity index (χ4n) is 2.80. The van der Waals surface area contributed by atoms with E-state index >= 15 is 0 Å². The van der Waals surface area contributed by atoms with Crippen LogP contribution in [-0.2, 0) is 4.74 Å². The van der Waals surface area contributed by atoms with E-state index in [2.05, 4.69) is 15.6 Å². The Labute approximate surface area is 156 Å². The number of benzene rings is 1. The molecule has 0 aliphatic carbocycles. The first kappa shape index (κ1) is 18.8. The molecule has 1 atom stereocenters. The number of rotatable bonds is 6. The molecule has 1 aliphatic heterocycles. The van der Waals surface area contributed by atoms with E-state index in [1.807, 2.05) is 13.8 Å². The van der Waals surface area contributed by atoms with Gasteiger partial charge in [-0.1, -0.05) is 0 Å². The number of nitro groups is 1. The lowest BCUT2D eigenvalue weighted by molar-refractivity contribution is -0.384. The highest BCUT2D eigenvalue weighted by Crippen LogP contribution is 2.29. The molecule has 1 aliphatic rings. The molecule has 8 nitrogen and oxygen atoms in total. The Kier molecular flexibility index (Phi) is 5.70. The van der Waals surface area contributed by atoms with Crippen molar-refractivity contribution in [2.24, 2.45) is 0 Å². The molecule has 27 heavy (non-hydrogen) atoms. The van der Waals surface area contributed by atoms with Crippen LogP contribution < -0.4 is 15.5 Å². The molecule has 3 rings (SSSR count). The van der Waals surface area contributed by atoms with Crippen molar-refractivity contribution < 1.29 is 14.1 Å². The third-order valence-corrected chi connectivity index (χ3v) is 4.04. The molecule has 2 aromatic rings. The molecule has 0 radical (unpaired) electrons. The van der Waals surface area contributed by atoms with Crippen molar-refractivity contribution in [3.63, 3.8) is 0 Å². The minimum absolute atomic E-state index is 0.0474. The predicted octanol–water partition coefficient (Wildman–Crippen LogP) is 3.69.